The summed E-state index contributed by atoms with van der Waals surface area (Å²) in [5.41, 5.74) is 0.369. The van der Waals surface area contributed by atoms with E-state index >= 15 is 0 Å². The van der Waals surface area contributed by atoms with E-state index in [9.17, 15) is 14.9 Å². The molecule has 0 spiro atoms. The molecule has 2 rings (SSSR count). The molecule has 1 aromatic heterocycles. The Balaban J connectivity index is 2.31. The van der Waals surface area contributed by atoms with Gasteiger partial charge in [0.15, 0.2) is 0 Å². The molecule has 0 aromatic carbocycles. The highest BCUT2D eigenvalue weighted by molar-refractivity contribution is 5.82. The van der Waals surface area contributed by atoms with E-state index in [0.29, 0.717) is 24.6 Å². The molecule has 1 aliphatic heterocycles. The Hall–Kier alpha value is -2.12. The lowest BCUT2D eigenvalue weighted by molar-refractivity contribution is -0.384. The molecule has 21 heavy (non-hydrogen) atoms. The van der Waals surface area contributed by atoms with Gasteiger partial charge in [0.25, 0.3) is 0 Å². The molecule has 1 aromatic rings. The van der Waals surface area contributed by atoms with Gasteiger partial charge in [0.2, 0.25) is 11.7 Å². The number of aryl methyl sites for hydroxylation is 2. The van der Waals surface area contributed by atoms with Gasteiger partial charge in [0.1, 0.15) is 5.69 Å². The van der Waals surface area contributed by atoms with Crippen molar-refractivity contribution in [2.24, 2.45) is 7.05 Å². The molecule has 8 heteroatoms. The third kappa shape index (κ3) is 2.98. The zero-order chi connectivity index (χ0) is 15.6. The Labute approximate surface area is 123 Å². The number of nitrogens with zero attached hydrogens (tertiary/aromatic N) is 5. The molecule has 0 atom stereocenters. The van der Waals surface area contributed by atoms with Crippen LogP contribution in [-0.2, 0) is 11.8 Å². The molecule has 1 amide bonds. The second-order valence-corrected chi connectivity index (χ2v) is 5.29. The van der Waals surface area contributed by atoms with E-state index in [1.165, 1.54) is 4.68 Å². The van der Waals surface area contributed by atoms with Crippen LogP contribution >= 0.6 is 0 Å². The van der Waals surface area contributed by atoms with Crippen molar-refractivity contribution in [1.29, 1.82) is 0 Å². The van der Waals surface area contributed by atoms with Crippen molar-refractivity contribution in [2.45, 2.75) is 26.7 Å². The van der Waals surface area contributed by atoms with Gasteiger partial charge in [-0.25, -0.2) is 4.68 Å². The van der Waals surface area contributed by atoms with E-state index in [1.807, 2.05) is 11.8 Å². The number of anilines is 1. The maximum atomic E-state index is 12.3. The maximum Gasteiger partial charge on any atom is 0.333 e. The van der Waals surface area contributed by atoms with Crippen LogP contribution in [0.1, 0.15) is 25.5 Å². The first kappa shape index (κ1) is 15.3. The summed E-state index contributed by atoms with van der Waals surface area (Å²) >= 11 is 0. The second-order valence-electron chi connectivity index (χ2n) is 5.29. The van der Waals surface area contributed by atoms with Crippen LogP contribution < -0.4 is 4.90 Å². The molecule has 2 heterocycles. The van der Waals surface area contributed by atoms with Crippen LogP contribution in [0.4, 0.5) is 11.5 Å². The van der Waals surface area contributed by atoms with E-state index < -0.39 is 4.92 Å². The second kappa shape index (κ2) is 6.11. The van der Waals surface area contributed by atoms with Crippen LogP contribution in [-0.4, -0.2) is 51.7 Å². The van der Waals surface area contributed by atoms with E-state index in [1.54, 1.807) is 18.9 Å². The van der Waals surface area contributed by atoms with Crippen LogP contribution in [0.5, 0.6) is 0 Å². The fourth-order valence-corrected chi connectivity index (χ4v) is 2.81. The maximum absolute atomic E-state index is 12.3. The molecule has 116 valence electrons. The number of hydrogen-bond donors (Lipinski definition) is 0. The monoisotopic (exact) mass is 295 g/mol. The topological polar surface area (TPSA) is 84.5 Å². The highest BCUT2D eigenvalue weighted by atomic mass is 16.6. The van der Waals surface area contributed by atoms with Crippen LogP contribution in [0.3, 0.4) is 0 Å². The Bertz CT molecular complexity index is 554. The summed E-state index contributed by atoms with van der Waals surface area (Å²) in [6.45, 7) is 5.87. The number of rotatable bonds is 4. The average molecular weight is 295 g/mol. The minimum Gasteiger partial charge on any atom is -0.342 e. The lowest BCUT2D eigenvalue weighted by Gasteiger charge is -2.22. The molecule has 0 N–H and O–H groups in total. The van der Waals surface area contributed by atoms with Crippen molar-refractivity contribution in [3.05, 3.63) is 15.8 Å². The molecular weight excluding hydrogens is 274 g/mol. The van der Waals surface area contributed by atoms with Crippen LogP contribution in [0.25, 0.3) is 0 Å². The smallest absolute Gasteiger partial charge is 0.333 e. The molecular formula is C13H21N5O3. The summed E-state index contributed by atoms with van der Waals surface area (Å²) in [4.78, 5) is 26.7. The molecule has 1 aliphatic rings. The minimum absolute atomic E-state index is 0.00533. The zero-order valence-electron chi connectivity index (χ0n) is 12.7. The van der Waals surface area contributed by atoms with Crippen molar-refractivity contribution < 1.29 is 9.72 Å². The average Bonchev–Trinajstić information content (AvgIpc) is 2.58. The summed E-state index contributed by atoms with van der Waals surface area (Å²) < 4.78 is 1.50. The van der Waals surface area contributed by atoms with Gasteiger partial charge in [-0.2, -0.15) is 5.10 Å². The molecule has 0 saturated carbocycles. The number of nitro groups is 1. The Morgan fingerprint density at radius 1 is 1.38 bits per heavy atom. The Morgan fingerprint density at radius 2 is 2.10 bits per heavy atom. The Morgan fingerprint density at radius 3 is 2.71 bits per heavy atom. The summed E-state index contributed by atoms with van der Waals surface area (Å²) in [6, 6.07) is 0. The number of hydrogen-bond acceptors (Lipinski definition) is 5. The molecule has 0 radical (unpaired) electrons. The van der Waals surface area contributed by atoms with Crippen LogP contribution in [0.2, 0.25) is 0 Å². The van der Waals surface area contributed by atoms with E-state index in [4.69, 9.17) is 0 Å². The summed E-state index contributed by atoms with van der Waals surface area (Å²) in [5.74, 6) is 0.437. The Kier molecular flexibility index (Phi) is 4.44. The zero-order valence-corrected chi connectivity index (χ0v) is 12.7. The van der Waals surface area contributed by atoms with Crippen molar-refractivity contribution in [3.63, 3.8) is 0 Å². The fourth-order valence-electron chi connectivity index (χ4n) is 2.81. The van der Waals surface area contributed by atoms with Crippen LogP contribution in [0, 0.1) is 17.0 Å². The first-order valence-electron chi connectivity index (χ1n) is 7.16. The van der Waals surface area contributed by atoms with Gasteiger partial charge in [0, 0.05) is 26.7 Å². The van der Waals surface area contributed by atoms with Crippen LogP contribution in [0.15, 0.2) is 0 Å². The molecule has 1 saturated heterocycles. The number of carbonyl (C=O) groups is 1. The van der Waals surface area contributed by atoms with Gasteiger partial charge in [0.05, 0.1) is 11.5 Å². The molecule has 0 bridgehead atoms. The SMILES string of the molecule is CCCN1CCCN(c2c([N+](=O)[O-])c(C)nn2C)CC1=O. The molecule has 0 aliphatic carbocycles. The fraction of sp³-hybridized carbons (Fsp3) is 0.692. The van der Waals surface area contributed by atoms with E-state index in [0.717, 1.165) is 19.4 Å². The quantitative estimate of drug-likeness (QED) is 0.613. The van der Waals surface area contributed by atoms with Gasteiger partial charge in [-0.1, -0.05) is 6.92 Å². The minimum atomic E-state index is -0.420. The van der Waals surface area contributed by atoms with Gasteiger partial charge in [-0.3, -0.25) is 14.9 Å². The number of aromatic nitrogens is 2. The van der Waals surface area contributed by atoms with Gasteiger partial charge >= 0.3 is 5.69 Å². The number of amides is 1. The van der Waals surface area contributed by atoms with Gasteiger partial charge in [-0.15, -0.1) is 0 Å². The predicted octanol–water partition coefficient (Wildman–Crippen LogP) is 1.09. The molecule has 1 fully saturated rings. The molecule has 8 nitrogen and oxygen atoms in total. The van der Waals surface area contributed by atoms with Crippen molar-refractivity contribution in [1.82, 2.24) is 14.7 Å². The highest BCUT2D eigenvalue weighted by Crippen LogP contribution is 2.31. The first-order valence-corrected chi connectivity index (χ1v) is 7.16. The standard InChI is InChI=1S/C13H21N5O3/c1-4-6-16-7-5-8-17(9-11(16)19)13-12(18(20)21)10(2)14-15(13)3/h4-9H2,1-3H3. The molecule has 0 unspecified atom stereocenters. The first-order chi connectivity index (χ1) is 9.95. The third-order valence-corrected chi connectivity index (χ3v) is 3.67. The lowest BCUT2D eigenvalue weighted by Crippen LogP contribution is -2.37. The largest absolute Gasteiger partial charge is 0.342 e. The van der Waals surface area contributed by atoms with E-state index in [-0.39, 0.29) is 18.1 Å². The summed E-state index contributed by atoms with van der Waals surface area (Å²) in [5, 5.41) is 15.4. The van der Waals surface area contributed by atoms with Gasteiger partial charge in [-0.05, 0) is 19.8 Å². The van der Waals surface area contributed by atoms with E-state index in [2.05, 4.69) is 5.10 Å². The summed E-state index contributed by atoms with van der Waals surface area (Å²) in [7, 11) is 1.68. The summed E-state index contributed by atoms with van der Waals surface area (Å²) in [6.07, 6.45) is 1.71. The van der Waals surface area contributed by atoms with Crippen molar-refractivity contribution in [3.8, 4) is 0 Å². The van der Waals surface area contributed by atoms with Crippen molar-refractivity contribution >= 4 is 17.4 Å². The normalized spacial score (nSPS) is 16.2. The predicted molar refractivity (Wildman–Crippen MR) is 78.3 cm³/mol. The third-order valence-electron chi connectivity index (χ3n) is 3.67. The lowest BCUT2D eigenvalue weighted by atomic mass is 10.3. The highest BCUT2D eigenvalue weighted by Gasteiger charge is 2.31. The van der Waals surface area contributed by atoms with Crippen molar-refractivity contribution in [2.75, 3.05) is 31.1 Å². The van der Waals surface area contributed by atoms with Gasteiger partial charge < -0.3 is 9.80 Å². The number of carbonyl (C=O) groups excluding carboxylic acids is 1.